The molecule has 1 aromatic heterocycles. The minimum absolute atomic E-state index is 0.291. The van der Waals surface area contributed by atoms with E-state index in [1.807, 2.05) is 24.2 Å². The van der Waals surface area contributed by atoms with Gasteiger partial charge in [0.25, 0.3) is 0 Å². The van der Waals surface area contributed by atoms with Crippen LogP contribution in [0, 0.1) is 0 Å². The summed E-state index contributed by atoms with van der Waals surface area (Å²) in [4.78, 5) is 15.6. The molecule has 0 amide bonds. The summed E-state index contributed by atoms with van der Waals surface area (Å²) < 4.78 is 2.18. The van der Waals surface area contributed by atoms with Crippen LogP contribution in [0.3, 0.4) is 0 Å². The number of carboxylic acids is 1. The summed E-state index contributed by atoms with van der Waals surface area (Å²) in [5, 5.41) is 9.86. The van der Waals surface area contributed by atoms with Crippen molar-refractivity contribution in [1.29, 1.82) is 0 Å². The first kappa shape index (κ1) is 13.5. The second-order valence-corrected chi connectivity index (χ2v) is 6.64. The van der Waals surface area contributed by atoms with Crippen LogP contribution in [0.25, 0.3) is 11.0 Å². The molecular formula is C15H18N2O2S. The molecule has 106 valence electrons. The highest BCUT2D eigenvalue weighted by Gasteiger charge is 2.29. The summed E-state index contributed by atoms with van der Waals surface area (Å²) in [5.41, 5.74) is 1.84. The highest BCUT2D eigenvalue weighted by molar-refractivity contribution is 7.99. The number of carboxylic acid groups (broad SMARTS) is 1. The number of benzene rings is 1. The smallest absolute Gasteiger partial charge is 0.337 e. The molecule has 1 aliphatic carbocycles. The highest BCUT2D eigenvalue weighted by Crippen LogP contribution is 2.39. The van der Waals surface area contributed by atoms with Gasteiger partial charge in [-0.25, -0.2) is 9.78 Å². The van der Waals surface area contributed by atoms with E-state index in [4.69, 9.17) is 0 Å². The Bertz CT molecular complexity index is 638. The second-order valence-electron chi connectivity index (χ2n) is 5.12. The van der Waals surface area contributed by atoms with Crippen LogP contribution < -0.4 is 0 Å². The van der Waals surface area contributed by atoms with Crippen molar-refractivity contribution in [2.75, 3.05) is 5.75 Å². The van der Waals surface area contributed by atoms with Crippen LogP contribution in [0.1, 0.15) is 42.6 Å². The fourth-order valence-corrected chi connectivity index (χ4v) is 4.38. The molecule has 20 heavy (non-hydrogen) atoms. The molecule has 0 aliphatic heterocycles. The number of aromatic nitrogens is 2. The number of fused-ring (bicyclic) bond motifs is 1. The first-order valence-corrected chi connectivity index (χ1v) is 8.07. The largest absolute Gasteiger partial charge is 0.478 e. The van der Waals surface area contributed by atoms with E-state index in [-0.39, 0.29) is 0 Å². The maximum atomic E-state index is 11.3. The third-order valence-electron chi connectivity index (χ3n) is 3.99. The maximum Gasteiger partial charge on any atom is 0.337 e. The Balaban J connectivity index is 2.04. The van der Waals surface area contributed by atoms with E-state index in [9.17, 15) is 9.90 Å². The Morgan fingerprint density at radius 2 is 2.35 bits per heavy atom. The standard InChI is InChI=1S/C15H18N2O2S/c1-2-20-13-8-4-6-11(13)17-9-16-14-10(15(18)19)5-3-7-12(14)17/h3,5,7,9,11,13H,2,4,6,8H2,1H3,(H,18,19). The lowest BCUT2D eigenvalue weighted by molar-refractivity contribution is 0.0699. The normalized spacial score (nSPS) is 22.4. The van der Waals surface area contributed by atoms with Gasteiger partial charge in [0.2, 0.25) is 0 Å². The van der Waals surface area contributed by atoms with Crippen LogP contribution in [0.4, 0.5) is 0 Å². The predicted octanol–water partition coefficient (Wildman–Crippen LogP) is 3.58. The van der Waals surface area contributed by atoms with Crippen LogP contribution in [0.2, 0.25) is 0 Å². The van der Waals surface area contributed by atoms with E-state index in [0.717, 1.165) is 17.7 Å². The summed E-state index contributed by atoms with van der Waals surface area (Å²) in [6.45, 7) is 2.19. The molecule has 0 saturated heterocycles. The van der Waals surface area contributed by atoms with Crippen molar-refractivity contribution in [1.82, 2.24) is 9.55 Å². The fourth-order valence-electron chi connectivity index (χ4n) is 3.13. The van der Waals surface area contributed by atoms with E-state index in [1.165, 1.54) is 12.8 Å². The Kier molecular flexibility index (Phi) is 3.70. The number of hydrogen-bond acceptors (Lipinski definition) is 3. The number of thioether (sulfide) groups is 1. The SMILES string of the molecule is CCSC1CCCC1n1cnc2c(C(=O)O)cccc21. The number of para-hydroxylation sites is 1. The van der Waals surface area contributed by atoms with Gasteiger partial charge < -0.3 is 9.67 Å². The minimum Gasteiger partial charge on any atom is -0.478 e. The molecule has 1 aliphatic rings. The lowest BCUT2D eigenvalue weighted by atomic mass is 10.1. The van der Waals surface area contributed by atoms with Crippen LogP contribution in [-0.4, -0.2) is 31.6 Å². The first-order chi connectivity index (χ1) is 9.72. The van der Waals surface area contributed by atoms with E-state index in [1.54, 1.807) is 12.1 Å². The Morgan fingerprint density at radius 1 is 1.50 bits per heavy atom. The quantitative estimate of drug-likeness (QED) is 0.935. The Hall–Kier alpha value is -1.49. The second kappa shape index (κ2) is 5.48. The maximum absolute atomic E-state index is 11.3. The van der Waals surface area contributed by atoms with Gasteiger partial charge in [-0.05, 0) is 30.7 Å². The summed E-state index contributed by atoms with van der Waals surface area (Å²) in [7, 11) is 0. The molecule has 0 bridgehead atoms. The van der Waals surface area contributed by atoms with Gasteiger partial charge in [0, 0.05) is 11.3 Å². The molecule has 3 rings (SSSR count). The van der Waals surface area contributed by atoms with Crippen LogP contribution in [0.15, 0.2) is 24.5 Å². The van der Waals surface area contributed by atoms with Crippen LogP contribution >= 0.6 is 11.8 Å². The Labute approximate surface area is 122 Å². The van der Waals surface area contributed by atoms with Crippen molar-refractivity contribution < 1.29 is 9.90 Å². The molecule has 1 saturated carbocycles. The number of hydrogen-bond donors (Lipinski definition) is 1. The van der Waals surface area contributed by atoms with Gasteiger partial charge in [-0.1, -0.05) is 19.4 Å². The molecule has 2 atom stereocenters. The van der Waals surface area contributed by atoms with E-state index < -0.39 is 5.97 Å². The molecule has 2 unspecified atom stereocenters. The summed E-state index contributed by atoms with van der Waals surface area (Å²) in [6.07, 6.45) is 5.44. The number of carbonyl (C=O) groups is 1. The van der Waals surface area contributed by atoms with Gasteiger partial charge in [-0.15, -0.1) is 0 Å². The Morgan fingerprint density at radius 3 is 3.10 bits per heavy atom. The fraction of sp³-hybridized carbons (Fsp3) is 0.467. The highest BCUT2D eigenvalue weighted by atomic mass is 32.2. The van der Waals surface area contributed by atoms with Crippen molar-refractivity contribution in [3.63, 3.8) is 0 Å². The molecule has 1 N–H and O–H groups in total. The lowest BCUT2D eigenvalue weighted by Crippen LogP contribution is -2.15. The number of aromatic carboxylic acids is 1. The summed E-state index contributed by atoms with van der Waals surface area (Å²) in [6, 6.07) is 5.84. The molecule has 2 aromatic rings. The van der Waals surface area contributed by atoms with Gasteiger partial charge in [0.1, 0.15) is 5.52 Å². The zero-order chi connectivity index (χ0) is 14.1. The van der Waals surface area contributed by atoms with Crippen molar-refractivity contribution >= 4 is 28.8 Å². The van der Waals surface area contributed by atoms with Crippen molar-refractivity contribution in [2.24, 2.45) is 0 Å². The number of imidazole rings is 1. The number of rotatable bonds is 4. The zero-order valence-corrected chi connectivity index (χ0v) is 12.3. The topological polar surface area (TPSA) is 55.1 Å². The van der Waals surface area contributed by atoms with Gasteiger partial charge in [-0.2, -0.15) is 11.8 Å². The number of nitrogens with zero attached hydrogens (tertiary/aromatic N) is 2. The van der Waals surface area contributed by atoms with Crippen LogP contribution in [-0.2, 0) is 0 Å². The molecule has 4 nitrogen and oxygen atoms in total. The molecule has 1 heterocycles. The molecule has 1 fully saturated rings. The third-order valence-corrected chi connectivity index (χ3v) is 5.30. The third kappa shape index (κ3) is 2.20. The zero-order valence-electron chi connectivity index (χ0n) is 11.5. The van der Waals surface area contributed by atoms with Gasteiger partial charge in [-0.3, -0.25) is 0 Å². The summed E-state index contributed by atoms with van der Waals surface area (Å²) in [5.74, 6) is 0.209. The van der Waals surface area contributed by atoms with E-state index in [2.05, 4.69) is 16.5 Å². The monoisotopic (exact) mass is 290 g/mol. The van der Waals surface area contributed by atoms with Crippen molar-refractivity contribution in [2.45, 2.75) is 37.5 Å². The molecule has 5 heteroatoms. The van der Waals surface area contributed by atoms with Crippen molar-refractivity contribution in [3.05, 3.63) is 30.1 Å². The van der Waals surface area contributed by atoms with Crippen molar-refractivity contribution in [3.8, 4) is 0 Å². The minimum atomic E-state index is -0.910. The van der Waals surface area contributed by atoms with Gasteiger partial charge in [0.15, 0.2) is 0 Å². The average Bonchev–Trinajstić information content (AvgIpc) is 3.04. The molecular weight excluding hydrogens is 272 g/mol. The molecule has 0 spiro atoms. The van der Waals surface area contributed by atoms with Gasteiger partial charge in [0.05, 0.1) is 17.4 Å². The van der Waals surface area contributed by atoms with Gasteiger partial charge >= 0.3 is 5.97 Å². The molecule has 0 radical (unpaired) electrons. The molecule has 1 aromatic carbocycles. The van der Waals surface area contributed by atoms with Crippen LogP contribution in [0.5, 0.6) is 0 Å². The average molecular weight is 290 g/mol. The first-order valence-electron chi connectivity index (χ1n) is 7.02. The summed E-state index contributed by atoms with van der Waals surface area (Å²) >= 11 is 2.00. The van der Waals surface area contributed by atoms with E-state index >= 15 is 0 Å². The van der Waals surface area contributed by atoms with E-state index in [0.29, 0.717) is 22.4 Å². The predicted molar refractivity (Wildman–Crippen MR) is 81.5 cm³/mol. The lowest BCUT2D eigenvalue weighted by Gasteiger charge is -2.21.